The van der Waals surface area contributed by atoms with Crippen molar-refractivity contribution in [3.63, 3.8) is 0 Å². The minimum Gasteiger partial charge on any atom is -0.771 e. The number of aromatic nitrogens is 3. The molecule has 2 aromatic heterocycles. The van der Waals surface area contributed by atoms with E-state index < -0.39 is 11.1 Å². The van der Waals surface area contributed by atoms with Crippen molar-refractivity contribution in [2.24, 2.45) is 0 Å². The standard InChI is InChI=1S/C22H26N6O5S/c29-17-3-1-2-16(12-17)18-13-28-14-19(22(30)27-6-4-25(5-7-27)15-34(31)32)24-21(28)20(23-18)26-8-10-33-11-9-26/h1-3,12-14,29H,4-11,15H2,(H,31,32)/p-1. The van der Waals surface area contributed by atoms with Gasteiger partial charge in [0.05, 0.1) is 24.8 Å². The van der Waals surface area contributed by atoms with Crippen LogP contribution in [0.2, 0.25) is 0 Å². The molecule has 12 heteroatoms. The summed E-state index contributed by atoms with van der Waals surface area (Å²) in [6.07, 6.45) is 3.51. The van der Waals surface area contributed by atoms with Crippen molar-refractivity contribution in [3.8, 4) is 17.0 Å². The number of phenolic OH excluding ortho intramolecular Hbond substituents is 1. The second-order valence-corrected chi connectivity index (χ2v) is 9.17. The predicted molar refractivity (Wildman–Crippen MR) is 124 cm³/mol. The monoisotopic (exact) mass is 485 g/mol. The van der Waals surface area contributed by atoms with Crippen molar-refractivity contribution in [3.05, 3.63) is 42.4 Å². The third kappa shape index (κ3) is 4.75. The molecule has 1 amide bonds. The first-order valence-electron chi connectivity index (χ1n) is 11.1. The molecule has 2 aliphatic heterocycles. The lowest BCUT2D eigenvalue weighted by molar-refractivity contribution is 0.0651. The quantitative estimate of drug-likeness (QED) is 0.515. The van der Waals surface area contributed by atoms with E-state index in [1.54, 1.807) is 44.8 Å². The van der Waals surface area contributed by atoms with Crippen LogP contribution in [0.25, 0.3) is 16.9 Å². The van der Waals surface area contributed by atoms with Gasteiger partial charge in [-0.25, -0.2) is 9.97 Å². The number of carbonyl (C=O) groups excluding carboxylic acids is 1. The Labute approximate surface area is 198 Å². The molecular weight excluding hydrogens is 460 g/mol. The van der Waals surface area contributed by atoms with Crippen molar-refractivity contribution in [1.82, 2.24) is 24.2 Å². The molecule has 0 radical (unpaired) electrons. The summed E-state index contributed by atoms with van der Waals surface area (Å²) in [5.41, 5.74) is 2.30. The van der Waals surface area contributed by atoms with Crippen LogP contribution in [-0.2, 0) is 15.8 Å². The van der Waals surface area contributed by atoms with Crippen LogP contribution < -0.4 is 4.90 Å². The molecule has 180 valence electrons. The summed E-state index contributed by atoms with van der Waals surface area (Å²) >= 11 is -2.14. The Morgan fingerprint density at radius 3 is 2.56 bits per heavy atom. The number of imidazole rings is 1. The average Bonchev–Trinajstić information content (AvgIpc) is 3.28. The molecular formula is C22H25N6O5S-. The van der Waals surface area contributed by atoms with Crippen molar-refractivity contribution >= 4 is 28.5 Å². The number of rotatable bonds is 5. The molecule has 0 bridgehead atoms. The number of aromatic hydroxyl groups is 1. The third-order valence-corrected chi connectivity index (χ3v) is 6.62. The van der Waals surface area contributed by atoms with Crippen molar-refractivity contribution in [1.29, 1.82) is 0 Å². The maximum atomic E-state index is 13.2. The number of amides is 1. The minimum absolute atomic E-state index is 0.0250. The highest BCUT2D eigenvalue weighted by molar-refractivity contribution is 7.79. The molecule has 4 heterocycles. The predicted octanol–water partition coefficient (Wildman–Crippen LogP) is 0.533. The number of morpholine rings is 1. The van der Waals surface area contributed by atoms with E-state index in [2.05, 4.69) is 9.88 Å². The average molecular weight is 486 g/mol. The van der Waals surface area contributed by atoms with Gasteiger partial charge in [0, 0.05) is 57.2 Å². The SMILES string of the molecule is O=C(c1cn2cc(-c3cccc(O)c3)nc(N3CCOCC3)c2n1)N1CCN(CS(=O)[O-])CC1. The summed E-state index contributed by atoms with van der Waals surface area (Å²) in [5.74, 6) is 0.584. The maximum Gasteiger partial charge on any atom is 0.274 e. The number of carbonyl (C=O) groups is 1. The van der Waals surface area contributed by atoms with Crippen LogP contribution in [0.3, 0.4) is 0 Å². The zero-order chi connectivity index (χ0) is 23.7. The van der Waals surface area contributed by atoms with Crippen LogP contribution in [0.15, 0.2) is 36.7 Å². The third-order valence-electron chi connectivity index (χ3n) is 6.04. The lowest BCUT2D eigenvalue weighted by Crippen LogP contribution is -2.49. The van der Waals surface area contributed by atoms with Gasteiger partial charge < -0.3 is 28.6 Å². The summed E-state index contributed by atoms with van der Waals surface area (Å²) in [4.78, 5) is 28.3. The number of ether oxygens (including phenoxy) is 1. The first kappa shape index (κ1) is 22.7. The molecule has 11 nitrogen and oxygen atoms in total. The van der Waals surface area contributed by atoms with Gasteiger partial charge in [-0.05, 0) is 23.2 Å². The lowest BCUT2D eigenvalue weighted by Gasteiger charge is -2.34. The number of benzene rings is 1. The van der Waals surface area contributed by atoms with Gasteiger partial charge in [-0.3, -0.25) is 13.9 Å². The molecule has 2 saturated heterocycles. The van der Waals surface area contributed by atoms with Crippen LogP contribution in [0.5, 0.6) is 5.75 Å². The van der Waals surface area contributed by atoms with Gasteiger partial charge in [-0.15, -0.1) is 0 Å². The molecule has 1 N–H and O–H groups in total. The molecule has 0 spiro atoms. The smallest absolute Gasteiger partial charge is 0.274 e. The number of hydrogen-bond acceptors (Lipinski definition) is 9. The first-order chi connectivity index (χ1) is 16.5. The summed E-state index contributed by atoms with van der Waals surface area (Å²) < 4.78 is 29.2. The van der Waals surface area contributed by atoms with Crippen LogP contribution in [-0.4, -0.2) is 102 Å². The normalized spacial score (nSPS) is 18.4. The van der Waals surface area contributed by atoms with E-state index in [4.69, 9.17) is 9.72 Å². The molecule has 2 aliphatic rings. The fourth-order valence-electron chi connectivity index (χ4n) is 4.27. The Bertz CT molecular complexity index is 1220. The van der Waals surface area contributed by atoms with Crippen LogP contribution in [0.1, 0.15) is 10.5 Å². The molecule has 1 aromatic carbocycles. The summed E-state index contributed by atoms with van der Waals surface area (Å²) in [6, 6.07) is 6.88. The van der Waals surface area contributed by atoms with Crippen molar-refractivity contribution < 1.29 is 23.4 Å². The Kier molecular flexibility index (Phi) is 6.46. The highest BCUT2D eigenvalue weighted by Gasteiger charge is 2.26. The number of phenols is 1. The van der Waals surface area contributed by atoms with Gasteiger partial charge in [-0.2, -0.15) is 0 Å². The van der Waals surface area contributed by atoms with Crippen LogP contribution >= 0.6 is 0 Å². The molecule has 3 aromatic rings. The van der Waals surface area contributed by atoms with E-state index in [0.717, 1.165) is 5.56 Å². The van der Waals surface area contributed by atoms with Crippen LogP contribution in [0, 0.1) is 0 Å². The van der Waals surface area contributed by atoms with E-state index in [1.165, 1.54) is 0 Å². The Hall–Kier alpha value is -3.06. The number of hydrogen-bond donors (Lipinski definition) is 1. The van der Waals surface area contributed by atoms with Gasteiger partial charge in [-0.1, -0.05) is 12.1 Å². The first-order valence-corrected chi connectivity index (χ1v) is 12.3. The van der Waals surface area contributed by atoms with E-state index in [1.807, 2.05) is 6.07 Å². The van der Waals surface area contributed by atoms with E-state index in [-0.39, 0.29) is 17.5 Å². The number of fused-ring (bicyclic) bond motifs is 1. The Morgan fingerprint density at radius 2 is 1.85 bits per heavy atom. The zero-order valence-electron chi connectivity index (χ0n) is 18.5. The van der Waals surface area contributed by atoms with E-state index in [9.17, 15) is 18.7 Å². The van der Waals surface area contributed by atoms with Gasteiger partial charge in [0.25, 0.3) is 5.91 Å². The van der Waals surface area contributed by atoms with Gasteiger partial charge >= 0.3 is 0 Å². The maximum absolute atomic E-state index is 13.2. The minimum atomic E-state index is -2.14. The number of piperazine rings is 1. The Morgan fingerprint density at radius 1 is 1.09 bits per heavy atom. The topological polar surface area (TPSA) is 127 Å². The zero-order valence-corrected chi connectivity index (χ0v) is 19.3. The van der Waals surface area contributed by atoms with Gasteiger partial charge in [0.15, 0.2) is 11.5 Å². The fourth-order valence-corrected chi connectivity index (χ4v) is 4.82. The molecule has 1 atom stereocenters. The van der Waals surface area contributed by atoms with E-state index in [0.29, 0.717) is 75.3 Å². The van der Waals surface area contributed by atoms with Gasteiger partial charge in [0.2, 0.25) is 0 Å². The second kappa shape index (κ2) is 9.66. The molecule has 2 fully saturated rings. The summed E-state index contributed by atoms with van der Waals surface area (Å²) in [5, 5.41) is 9.93. The fraction of sp³-hybridized carbons (Fsp3) is 0.409. The molecule has 5 rings (SSSR count). The second-order valence-electron chi connectivity index (χ2n) is 8.30. The number of anilines is 1. The van der Waals surface area contributed by atoms with Crippen molar-refractivity contribution in [2.75, 3.05) is 63.3 Å². The van der Waals surface area contributed by atoms with Crippen molar-refractivity contribution in [2.45, 2.75) is 0 Å². The number of nitrogens with zero attached hydrogens (tertiary/aromatic N) is 6. The highest BCUT2D eigenvalue weighted by atomic mass is 32.2. The molecule has 34 heavy (non-hydrogen) atoms. The molecule has 0 aliphatic carbocycles. The molecule has 1 unspecified atom stereocenters. The van der Waals surface area contributed by atoms with Crippen LogP contribution in [0.4, 0.5) is 5.82 Å². The highest BCUT2D eigenvalue weighted by Crippen LogP contribution is 2.28. The Balaban J connectivity index is 1.47. The lowest BCUT2D eigenvalue weighted by atomic mass is 10.1. The largest absolute Gasteiger partial charge is 0.771 e. The summed E-state index contributed by atoms with van der Waals surface area (Å²) in [6.45, 7) is 4.34. The summed E-state index contributed by atoms with van der Waals surface area (Å²) in [7, 11) is 0. The van der Waals surface area contributed by atoms with Gasteiger partial charge in [0.1, 0.15) is 11.4 Å². The molecule has 0 saturated carbocycles. The van der Waals surface area contributed by atoms with E-state index >= 15 is 0 Å².